The van der Waals surface area contributed by atoms with Crippen molar-refractivity contribution >= 4 is 46.5 Å². The molecular formula is C24H19ClN4O6. The molecule has 2 N–H and O–H groups in total. The summed E-state index contributed by atoms with van der Waals surface area (Å²) in [5, 5.41) is 18.0. The van der Waals surface area contributed by atoms with E-state index in [0.29, 0.717) is 16.3 Å². The molecule has 0 spiro atoms. The smallest absolute Gasteiger partial charge is 0.350 e. The molecule has 3 aromatic carbocycles. The number of nitrogens with one attached hydrogen (secondary N) is 2. The summed E-state index contributed by atoms with van der Waals surface area (Å²) in [6.45, 7) is 3.32. The van der Waals surface area contributed by atoms with Crippen LogP contribution in [0.4, 0.5) is 11.4 Å². The highest BCUT2D eigenvalue weighted by Gasteiger charge is 2.22. The number of hydrogen-bond donors (Lipinski definition) is 2. The fourth-order valence-electron chi connectivity index (χ4n) is 2.92. The summed E-state index contributed by atoms with van der Waals surface area (Å²) < 4.78 is 5.37. The number of nitro benzene ring substituents is 1. The highest BCUT2D eigenvalue weighted by Crippen LogP contribution is 2.24. The Labute approximate surface area is 204 Å². The summed E-state index contributed by atoms with van der Waals surface area (Å²) in [7, 11) is 0. The number of anilines is 1. The van der Waals surface area contributed by atoms with Crippen LogP contribution in [0, 0.1) is 17.0 Å². The number of rotatable bonds is 6. The fourth-order valence-corrected chi connectivity index (χ4v) is 3.10. The van der Waals surface area contributed by atoms with Crippen LogP contribution in [0.2, 0.25) is 5.02 Å². The molecule has 0 radical (unpaired) electrons. The largest absolute Gasteiger partial charge is 0.422 e. The molecule has 3 rings (SSSR count). The van der Waals surface area contributed by atoms with Crippen molar-refractivity contribution in [2.75, 3.05) is 5.32 Å². The lowest BCUT2D eigenvalue weighted by Crippen LogP contribution is -2.33. The van der Waals surface area contributed by atoms with Gasteiger partial charge in [-0.1, -0.05) is 41.9 Å². The lowest BCUT2D eigenvalue weighted by atomic mass is 10.1. The average molecular weight is 495 g/mol. The fraction of sp³-hybridized carbons (Fsp3) is 0.0833. The minimum absolute atomic E-state index is 0.0601. The maximum Gasteiger partial charge on any atom is 0.350 e. The van der Waals surface area contributed by atoms with Gasteiger partial charge in [-0.25, -0.2) is 10.2 Å². The second-order valence-electron chi connectivity index (χ2n) is 7.22. The molecule has 0 fully saturated rings. The van der Waals surface area contributed by atoms with Gasteiger partial charge in [0.15, 0.2) is 0 Å². The zero-order chi connectivity index (χ0) is 25.5. The first-order valence-electron chi connectivity index (χ1n) is 10.1. The number of esters is 1. The first-order valence-corrected chi connectivity index (χ1v) is 10.5. The van der Waals surface area contributed by atoms with Crippen molar-refractivity contribution in [1.29, 1.82) is 0 Å². The van der Waals surface area contributed by atoms with Crippen molar-refractivity contribution in [3.8, 4) is 5.75 Å². The van der Waals surface area contributed by atoms with E-state index in [0.717, 1.165) is 5.56 Å². The summed E-state index contributed by atoms with van der Waals surface area (Å²) in [5.74, 6) is -2.87. The molecular weight excluding hydrogens is 476 g/mol. The Morgan fingerprint density at radius 2 is 1.63 bits per heavy atom. The second-order valence-corrected chi connectivity index (χ2v) is 7.62. The third kappa shape index (κ3) is 6.27. The Hall–Kier alpha value is -4.57. The molecule has 3 aromatic rings. The number of carbonyl (C=O) groups excluding carboxylic acids is 3. The lowest BCUT2D eigenvalue weighted by Gasteiger charge is -2.10. The van der Waals surface area contributed by atoms with Gasteiger partial charge in [0.25, 0.3) is 5.69 Å². The van der Waals surface area contributed by atoms with Gasteiger partial charge in [-0.2, -0.15) is 5.10 Å². The molecule has 0 saturated carbocycles. The van der Waals surface area contributed by atoms with Gasteiger partial charge in [0.1, 0.15) is 11.3 Å². The number of benzene rings is 3. The predicted octanol–water partition coefficient (Wildman–Crippen LogP) is 4.25. The molecule has 11 heteroatoms. The minimum atomic E-state index is -1.03. The van der Waals surface area contributed by atoms with Crippen molar-refractivity contribution in [3.63, 3.8) is 0 Å². The number of para-hydroxylation sites is 2. The van der Waals surface area contributed by atoms with Crippen molar-refractivity contribution in [2.24, 2.45) is 5.10 Å². The number of ether oxygens (including phenoxy) is 1. The van der Waals surface area contributed by atoms with E-state index < -0.39 is 28.4 Å². The quantitative estimate of drug-likeness (QED) is 0.131. The number of aryl methyl sites for hydroxylation is 1. The van der Waals surface area contributed by atoms with Gasteiger partial charge >= 0.3 is 17.8 Å². The van der Waals surface area contributed by atoms with E-state index >= 15 is 0 Å². The molecule has 35 heavy (non-hydrogen) atoms. The summed E-state index contributed by atoms with van der Waals surface area (Å²) in [6.07, 6.45) is 0. The van der Waals surface area contributed by atoms with Crippen LogP contribution in [0.5, 0.6) is 5.75 Å². The number of nitro groups is 1. The molecule has 0 bridgehead atoms. The van der Waals surface area contributed by atoms with E-state index in [-0.39, 0.29) is 17.0 Å². The molecule has 0 aromatic heterocycles. The van der Waals surface area contributed by atoms with Crippen molar-refractivity contribution < 1.29 is 24.0 Å². The molecule has 0 heterocycles. The van der Waals surface area contributed by atoms with E-state index in [4.69, 9.17) is 16.3 Å². The zero-order valence-electron chi connectivity index (χ0n) is 18.6. The summed E-state index contributed by atoms with van der Waals surface area (Å²) in [4.78, 5) is 47.4. The Kier molecular flexibility index (Phi) is 7.90. The first kappa shape index (κ1) is 25.1. The zero-order valence-corrected chi connectivity index (χ0v) is 19.3. The van der Waals surface area contributed by atoms with Crippen LogP contribution in [0.25, 0.3) is 0 Å². The number of hydrogen-bond acceptors (Lipinski definition) is 7. The Morgan fingerprint density at radius 3 is 2.31 bits per heavy atom. The third-order valence-electron chi connectivity index (χ3n) is 4.76. The second kappa shape index (κ2) is 11.0. The highest BCUT2D eigenvalue weighted by molar-refractivity contribution is 6.40. The van der Waals surface area contributed by atoms with E-state index in [1.807, 2.05) is 0 Å². The highest BCUT2D eigenvalue weighted by atomic mass is 35.5. The third-order valence-corrected chi connectivity index (χ3v) is 5.17. The molecule has 178 valence electrons. The monoisotopic (exact) mass is 494 g/mol. The summed E-state index contributed by atoms with van der Waals surface area (Å²) in [5.41, 5.74) is 3.22. The summed E-state index contributed by atoms with van der Waals surface area (Å²) in [6, 6.07) is 16.5. The Balaban J connectivity index is 1.72. The molecule has 0 atom stereocenters. The van der Waals surface area contributed by atoms with Gasteiger partial charge in [-0.3, -0.25) is 19.7 Å². The maximum absolute atomic E-state index is 12.6. The van der Waals surface area contributed by atoms with Gasteiger partial charge < -0.3 is 10.1 Å². The van der Waals surface area contributed by atoms with Crippen LogP contribution < -0.4 is 15.5 Å². The average Bonchev–Trinajstić information content (AvgIpc) is 2.84. The predicted molar refractivity (Wildman–Crippen MR) is 130 cm³/mol. The van der Waals surface area contributed by atoms with Crippen LogP contribution in [0.15, 0.2) is 71.8 Å². The van der Waals surface area contributed by atoms with E-state index in [1.165, 1.54) is 43.3 Å². The molecule has 0 saturated heterocycles. The number of nitrogens with zero attached hydrogens (tertiary/aromatic N) is 2. The molecule has 0 unspecified atom stereocenters. The Bertz CT molecular complexity index is 1360. The van der Waals surface area contributed by atoms with Gasteiger partial charge in [0, 0.05) is 22.3 Å². The topological polar surface area (TPSA) is 140 Å². The minimum Gasteiger partial charge on any atom is -0.422 e. The van der Waals surface area contributed by atoms with Gasteiger partial charge in [0.05, 0.1) is 10.6 Å². The number of hydrazone groups is 1. The molecule has 0 aliphatic carbocycles. The first-order chi connectivity index (χ1) is 16.7. The van der Waals surface area contributed by atoms with E-state index in [9.17, 15) is 24.5 Å². The molecule has 0 aliphatic rings. The van der Waals surface area contributed by atoms with Crippen molar-refractivity contribution in [3.05, 3.63) is 98.6 Å². The van der Waals surface area contributed by atoms with E-state index in [2.05, 4.69) is 15.8 Å². The van der Waals surface area contributed by atoms with Gasteiger partial charge in [0.2, 0.25) is 0 Å². The SMILES string of the molecule is C/C(=N\NC(=O)C(=O)Nc1ccc(C)c(Cl)c1)c1ccccc1OC(=O)c1ccccc1[N+](=O)[O-]. The molecule has 2 amide bonds. The van der Waals surface area contributed by atoms with Crippen LogP contribution in [-0.4, -0.2) is 28.4 Å². The van der Waals surface area contributed by atoms with Crippen LogP contribution in [0.3, 0.4) is 0 Å². The van der Waals surface area contributed by atoms with Gasteiger partial charge in [-0.05, 0) is 49.7 Å². The van der Waals surface area contributed by atoms with Crippen molar-refractivity contribution in [2.45, 2.75) is 13.8 Å². The molecule has 0 aliphatic heterocycles. The number of halogens is 1. The standard InChI is InChI=1S/C24H19ClN4O6/c1-14-11-12-16(13-19(14)25)26-22(30)23(31)28-27-15(2)17-7-4-6-10-21(17)35-24(32)18-8-3-5-9-20(18)29(33)34/h3-13H,1-2H3,(H,26,30)(H,28,31)/b27-15+. The number of amides is 2. The van der Waals surface area contributed by atoms with Crippen LogP contribution in [0.1, 0.15) is 28.4 Å². The van der Waals surface area contributed by atoms with Crippen molar-refractivity contribution in [1.82, 2.24) is 5.43 Å². The number of carbonyl (C=O) groups is 3. The summed E-state index contributed by atoms with van der Waals surface area (Å²) >= 11 is 6.02. The van der Waals surface area contributed by atoms with Crippen LogP contribution >= 0.6 is 11.6 Å². The van der Waals surface area contributed by atoms with Gasteiger partial charge in [-0.15, -0.1) is 0 Å². The van der Waals surface area contributed by atoms with E-state index in [1.54, 1.807) is 37.3 Å². The lowest BCUT2D eigenvalue weighted by molar-refractivity contribution is -0.385. The Morgan fingerprint density at radius 1 is 0.971 bits per heavy atom. The molecule has 10 nitrogen and oxygen atoms in total. The normalized spacial score (nSPS) is 10.9. The maximum atomic E-state index is 12.6. The van der Waals surface area contributed by atoms with Crippen LogP contribution in [-0.2, 0) is 9.59 Å².